The molecule has 1 aromatic rings. The number of rotatable bonds is 5. The quantitative estimate of drug-likeness (QED) is 0.613. The number of alkyl halides is 3. The Labute approximate surface area is 115 Å². The predicted molar refractivity (Wildman–Crippen MR) is 67.3 cm³/mol. The van der Waals surface area contributed by atoms with Crippen LogP contribution in [0.4, 0.5) is 13.2 Å². The van der Waals surface area contributed by atoms with E-state index in [0.717, 1.165) is 6.07 Å². The lowest BCUT2D eigenvalue weighted by Gasteiger charge is -2.12. The number of carbonyl (C=O) groups excluding carboxylic acids is 1. The molecule has 0 N–H and O–H groups in total. The van der Waals surface area contributed by atoms with Gasteiger partial charge in [-0.3, -0.25) is 0 Å². The highest BCUT2D eigenvalue weighted by Crippen LogP contribution is 2.35. The Balaban J connectivity index is 2.81. The highest BCUT2D eigenvalue weighted by atomic mass is 19.4. The summed E-state index contributed by atoms with van der Waals surface area (Å²) in [6.45, 7) is 1.61. The number of carbonyl (C=O) groups is 1. The lowest BCUT2D eigenvalue weighted by atomic mass is 10.2. The van der Waals surface area contributed by atoms with Gasteiger partial charge in [-0.2, -0.15) is 13.2 Å². The van der Waals surface area contributed by atoms with E-state index in [9.17, 15) is 18.0 Å². The third-order valence-corrected chi connectivity index (χ3v) is 2.59. The van der Waals surface area contributed by atoms with Gasteiger partial charge in [0.25, 0.3) is 0 Å². The smallest absolute Gasteiger partial charge is 0.419 e. The van der Waals surface area contributed by atoms with Crippen LogP contribution in [-0.2, 0) is 15.7 Å². The predicted octanol–water partition coefficient (Wildman–Crippen LogP) is 3.59. The maximum atomic E-state index is 12.7. The third-order valence-electron chi connectivity index (χ3n) is 2.59. The monoisotopic (exact) mass is 288 g/mol. The Hall–Kier alpha value is -1.98. The summed E-state index contributed by atoms with van der Waals surface area (Å²) in [7, 11) is 1.24. The lowest BCUT2D eigenvalue weighted by Crippen LogP contribution is -2.10. The van der Waals surface area contributed by atoms with E-state index < -0.39 is 17.7 Å². The van der Waals surface area contributed by atoms with Gasteiger partial charge in [0.05, 0.1) is 12.7 Å². The molecule has 6 heteroatoms. The minimum atomic E-state index is -4.48. The summed E-state index contributed by atoms with van der Waals surface area (Å²) < 4.78 is 47.8. The van der Waals surface area contributed by atoms with Gasteiger partial charge in [0.15, 0.2) is 0 Å². The summed E-state index contributed by atoms with van der Waals surface area (Å²) in [5, 5.41) is 0. The number of esters is 1. The molecule has 0 atom stereocenters. The summed E-state index contributed by atoms with van der Waals surface area (Å²) in [5.74, 6) is -0.781. The van der Waals surface area contributed by atoms with E-state index in [4.69, 9.17) is 4.74 Å². The second-order valence-electron chi connectivity index (χ2n) is 3.88. The van der Waals surface area contributed by atoms with Crippen LogP contribution < -0.4 is 4.74 Å². The number of hydrogen-bond acceptors (Lipinski definition) is 3. The molecule has 0 unspecified atom stereocenters. The molecular formula is C14H15F3O3. The van der Waals surface area contributed by atoms with Crippen LogP contribution in [0, 0.1) is 0 Å². The van der Waals surface area contributed by atoms with Gasteiger partial charge in [-0.15, -0.1) is 0 Å². The zero-order chi connectivity index (χ0) is 15.2. The van der Waals surface area contributed by atoms with E-state index in [1.54, 1.807) is 6.92 Å². The zero-order valence-corrected chi connectivity index (χ0v) is 11.2. The van der Waals surface area contributed by atoms with Crippen LogP contribution in [0.2, 0.25) is 0 Å². The summed E-state index contributed by atoms with van der Waals surface area (Å²) in [6.07, 6.45) is -2.65. The van der Waals surface area contributed by atoms with Crippen LogP contribution in [0.15, 0.2) is 35.9 Å². The number of para-hydroxylation sites is 1. The average molecular weight is 288 g/mol. The highest BCUT2D eigenvalue weighted by Gasteiger charge is 2.33. The molecule has 1 aromatic carbocycles. The molecule has 0 amide bonds. The molecule has 0 saturated carbocycles. The van der Waals surface area contributed by atoms with E-state index in [0.29, 0.717) is 12.0 Å². The molecular weight excluding hydrogens is 273 g/mol. The molecule has 0 spiro atoms. The Bertz CT molecular complexity index is 493. The summed E-state index contributed by atoms with van der Waals surface area (Å²) in [4.78, 5) is 11.3. The SMILES string of the molecule is CCC(=CCOc1ccccc1C(F)(F)F)C(=O)OC. The van der Waals surface area contributed by atoms with Gasteiger partial charge >= 0.3 is 12.1 Å². The number of ether oxygens (including phenoxy) is 2. The van der Waals surface area contributed by atoms with Gasteiger partial charge in [0.1, 0.15) is 12.4 Å². The normalized spacial score (nSPS) is 12.2. The minimum absolute atomic E-state index is 0.134. The standard InChI is InChI=1S/C14H15F3O3/c1-3-10(13(18)19-2)8-9-20-12-7-5-4-6-11(12)14(15,16)17/h4-8H,3,9H2,1-2H3. The van der Waals surface area contributed by atoms with Crippen LogP contribution >= 0.6 is 0 Å². The Morgan fingerprint density at radius 3 is 2.50 bits per heavy atom. The maximum Gasteiger partial charge on any atom is 0.419 e. The second kappa shape index (κ2) is 6.98. The van der Waals surface area contributed by atoms with Crippen molar-refractivity contribution in [1.82, 2.24) is 0 Å². The molecule has 0 aromatic heterocycles. The summed E-state index contributed by atoms with van der Waals surface area (Å²) >= 11 is 0. The van der Waals surface area contributed by atoms with Crippen molar-refractivity contribution in [2.24, 2.45) is 0 Å². The lowest BCUT2D eigenvalue weighted by molar-refractivity contribution is -0.139. The first kappa shape index (κ1) is 16.1. The van der Waals surface area contributed by atoms with Gasteiger partial charge in [-0.05, 0) is 24.6 Å². The molecule has 0 fully saturated rings. The van der Waals surface area contributed by atoms with Crippen molar-refractivity contribution < 1.29 is 27.4 Å². The van der Waals surface area contributed by atoms with Crippen LogP contribution in [0.5, 0.6) is 5.75 Å². The van der Waals surface area contributed by atoms with Crippen LogP contribution in [0.25, 0.3) is 0 Å². The van der Waals surface area contributed by atoms with Gasteiger partial charge in [0.2, 0.25) is 0 Å². The maximum absolute atomic E-state index is 12.7. The minimum Gasteiger partial charge on any atom is -0.489 e. The molecule has 0 aliphatic rings. The molecule has 0 saturated heterocycles. The highest BCUT2D eigenvalue weighted by molar-refractivity contribution is 5.88. The fourth-order valence-corrected chi connectivity index (χ4v) is 1.56. The third kappa shape index (κ3) is 4.29. The largest absolute Gasteiger partial charge is 0.489 e. The van der Waals surface area contributed by atoms with Gasteiger partial charge in [-0.1, -0.05) is 19.1 Å². The second-order valence-corrected chi connectivity index (χ2v) is 3.88. The fraction of sp³-hybridized carbons (Fsp3) is 0.357. The Morgan fingerprint density at radius 1 is 1.30 bits per heavy atom. The molecule has 0 radical (unpaired) electrons. The molecule has 0 heterocycles. The fourth-order valence-electron chi connectivity index (χ4n) is 1.56. The number of hydrogen-bond donors (Lipinski definition) is 0. The molecule has 0 bridgehead atoms. The first-order valence-corrected chi connectivity index (χ1v) is 5.96. The Morgan fingerprint density at radius 2 is 1.95 bits per heavy atom. The molecule has 110 valence electrons. The van der Waals surface area contributed by atoms with Crippen molar-refractivity contribution in [3.8, 4) is 5.75 Å². The van der Waals surface area contributed by atoms with Crippen LogP contribution in [-0.4, -0.2) is 19.7 Å². The number of benzene rings is 1. The van der Waals surface area contributed by atoms with E-state index in [2.05, 4.69) is 4.74 Å². The van der Waals surface area contributed by atoms with Gasteiger partial charge < -0.3 is 9.47 Å². The van der Waals surface area contributed by atoms with E-state index in [1.165, 1.54) is 31.4 Å². The number of methoxy groups -OCH3 is 1. The Kier molecular flexibility index (Phi) is 5.61. The van der Waals surface area contributed by atoms with Crippen molar-refractivity contribution >= 4 is 5.97 Å². The van der Waals surface area contributed by atoms with Crippen molar-refractivity contribution in [3.05, 3.63) is 41.5 Å². The number of halogens is 3. The first-order valence-electron chi connectivity index (χ1n) is 5.96. The van der Waals surface area contributed by atoms with Gasteiger partial charge in [-0.25, -0.2) is 4.79 Å². The van der Waals surface area contributed by atoms with Crippen LogP contribution in [0.3, 0.4) is 0 Å². The zero-order valence-electron chi connectivity index (χ0n) is 11.2. The van der Waals surface area contributed by atoms with E-state index in [-0.39, 0.29) is 12.4 Å². The summed E-state index contributed by atoms with van der Waals surface area (Å²) in [5.41, 5.74) is -0.485. The molecule has 0 aliphatic heterocycles. The van der Waals surface area contributed by atoms with Crippen molar-refractivity contribution in [2.75, 3.05) is 13.7 Å². The molecule has 0 aliphatic carbocycles. The van der Waals surface area contributed by atoms with E-state index >= 15 is 0 Å². The van der Waals surface area contributed by atoms with Crippen molar-refractivity contribution in [1.29, 1.82) is 0 Å². The topological polar surface area (TPSA) is 35.5 Å². The molecule has 1 rings (SSSR count). The molecule has 3 nitrogen and oxygen atoms in total. The van der Waals surface area contributed by atoms with Crippen molar-refractivity contribution in [3.63, 3.8) is 0 Å². The van der Waals surface area contributed by atoms with E-state index in [1.807, 2.05) is 0 Å². The summed E-state index contributed by atoms with van der Waals surface area (Å²) in [6, 6.07) is 4.92. The van der Waals surface area contributed by atoms with Crippen LogP contribution in [0.1, 0.15) is 18.9 Å². The van der Waals surface area contributed by atoms with Gasteiger partial charge in [0, 0.05) is 5.57 Å². The molecule has 20 heavy (non-hydrogen) atoms. The first-order chi connectivity index (χ1) is 9.40. The van der Waals surface area contributed by atoms with Crippen molar-refractivity contribution in [2.45, 2.75) is 19.5 Å². The average Bonchev–Trinajstić information content (AvgIpc) is 2.42.